The van der Waals surface area contributed by atoms with Crippen LogP contribution in [0.5, 0.6) is 0 Å². The normalized spacial score (nSPS) is 9.67. The van der Waals surface area contributed by atoms with Crippen molar-refractivity contribution >= 4 is 23.1 Å². The quantitative estimate of drug-likeness (QED) is 0.662. The fourth-order valence-corrected chi connectivity index (χ4v) is 1.24. The third-order valence-corrected chi connectivity index (χ3v) is 2.10. The Morgan fingerprint density at radius 3 is 2.87 bits per heavy atom. The maximum Gasteiger partial charge on any atom is 0.261 e. The summed E-state index contributed by atoms with van der Waals surface area (Å²) in [4.78, 5) is 22.8. The molecule has 0 aliphatic rings. The number of hydrogen-bond donors (Lipinski definition) is 2. The fourth-order valence-electron chi connectivity index (χ4n) is 1.08. The van der Waals surface area contributed by atoms with E-state index in [2.05, 4.69) is 5.32 Å². The smallest absolute Gasteiger partial charge is 0.261 e. The van der Waals surface area contributed by atoms with E-state index >= 15 is 0 Å². The number of likely N-dealkylation sites (N-methyl/N-ethyl adjacent to an activating group) is 1. The molecule has 1 aromatic rings. The Balaban J connectivity index is 3.11. The second-order valence-corrected chi connectivity index (χ2v) is 3.33. The molecule has 0 aromatic carbocycles. The van der Waals surface area contributed by atoms with Crippen LogP contribution in [0.4, 0.5) is 0 Å². The summed E-state index contributed by atoms with van der Waals surface area (Å²) in [5.74, 6) is -0.253. The number of nitrogens with one attached hydrogen (secondary N) is 1. The Morgan fingerprint density at radius 2 is 2.33 bits per heavy atom. The second kappa shape index (κ2) is 4.70. The number of carbonyl (C=O) groups excluding carboxylic acids is 1. The first-order valence-electron chi connectivity index (χ1n) is 4.26. The zero-order valence-electron chi connectivity index (χ0n) is 8.19. The fraction of sp³-hybridized carbons (Fsp3) is 0.222. The van der Waals surface area contributed by atoms with Crippen molar-refractivity contribution in [3.8, 4) is 0 Å². The molecule has 1 aromatic heterocycles. The molecule has 0 aliphatic carbocycles. The van der Waals surface area contributed by atoms with Gasteiger partial charge in [0.2, 0.25) is 5.91 Å². The molecule has 15 heavy (non-hydrogen) atoms. The minimum atomic E-state index is -0.353. The summed E-state index contributed by atoms with van der Waals surface area (Å²) >= 11 is 4.72. The predicted octanol–water partition coefficient (Wildman–Crippen LogP) is -0.771. The summed E-state index contributed by atoms with van der Waals surface area (Å²) in [5, 5.41) is 2.43. The molecule has 1 amide bonds. The van der Waals surface area contributed by atoms with Crippen LogP contribution < -0.4 is 16.6 Å². The van der Waals surface area contributed by atoms with E-state index in [1.165, 1.54) is 23.9 Å². The van der Waals surface area contributed by atoms with E-state index in [9.17, 15) is 9.59 Å². The van der Waals surface area contributed by atoms with Gasteiger partial charge in [-0.05, 0) is 12.1 Å². The average Bonchev–Trinajstić information content (AvgIpc) is 2.20. The van der Waals surface area contributed by atoms with Gasteiger partial charge in [-0.3, -0.25) is 9.59 Å². The Kier molecular flexibility index (Phi) is 3.56. The predicted molar refractivity (Wildman–Crippen MR) is 60.7 cm³/mol. The Morgan fingerprint density at radius 1 is 1.67 bits per heavy atom. The van der Waals surface area contributed by atoms with Crippen LogP contribution in [-0.2, 0) is 11.3 Å². The molecule has 0 unspecified atom stereocenters. The Labute approximate surface area is 91.9 Å². The van der Waals surface area contributed by atoms with Crippen molar-refractivity contribution < 1.29 is 4.79 Å². The second-order valence-electron chi connectivity index (χ2n) is 2.89. The summed E-state index contributed by atoms with van der Waals surface area (Å²) < 4.78 is 1.26. The van der Waals surface area contributed by atoms with Crippen molar-refractivity contribution in [2.45, 2.75) is 6.54 Å². The molecule has 0 atom stereocenters. The molecule has 0 fully saturated rings. The molecule has 3 N–H and O–H groups in total. The van der Waals surface area contributed by atoms with Gasteiger partial charge in [-0.15, -0.1) is 0 Å². The standard InChI is InChI=1S/C9H11N3O2S/c1-11-7(13)5-12-4-2-3-6(8(10)15)9(12)14/h2-4H,5H2,1H3,(H2,10,15)(H,11,13). The zero-order valence-corrected chi connectivity index (χ0v) is 9.00. The third-order valence-electron chi connectivity index (χ3n) is 1.88. The summed E-state index contributed by atoms with van der Waals surface area (Å²) in [5.41, 5.74) is 5.26. The summed E-state index contributed by atoms with van der Waals surface area (Å²) in [6.45, 7) is -0.0359. The SMILES string of the molecule is CNC(=O)Cn1cccc(C(N)=S)c1=O. The topological polar surface area (TPSA) is 77.1 Å². The van der Waals surface area contributed by atoms with Gasteiger partial charge >= 0.3 is 0 Å². The number of aromatic nitrogens is 1. The van der Waals surface area contributed by atoms with Crippen LogP contribution in [0.2, 0.25) is 0 Å². The van der Waals surface area contributed by atoms with Crippen molar-refractivity contribution in [1.82, 2.24) is 9.88 Å². The van der Waals surface area contributed by atoms with Gasteiger partial charge in [0.25, 0.3) is 5.56 Å². The van der Waals surface area contributed by atoms with Gasteiger partial charge in [0.05, 0.1) is 5.56 Å². The first kappa shape index (κ1) is 11.4. The maximum atomic E-state index is 11.7. The van der Waals surface area contributed by atoms with Crippen LogP contribution in [-0.4, -0.2) is 22.5 Å². The highest BCUT2D eigenvalue weighted by Crippen LogP contribution is 1.91. The van der Waals surface area contributed by atoms with E-state index in [0.29, 0.717) is 0 Å². The summed E-state index contributed by atoms with van der Waals surface area (Å²) in [7, 11) is 1.50. The van der Waals surface area contributed by atoms with E-state index < -0.39 is 0 Å². The monoisotopic (exact) mass is 225 g/mol. The maximum absolute atomic E-state index is 11.7. The number of amides is 1. The molecule has 6 heteroatoms. The van der Waals surface area contributed by atoms with Crippen LogP contribution in [0.3, 0.4) is 0 Å². The molecular formula is C9H11N3O2S. The highest BCUT2D eigenvalue weighted by molar-refractivity contribution is 7.80. The first-order valence-corrected chi connectivity index (χ1v) is 4.67. The number of hydrogen-bond acceptors (Lipinski definition) is 3. The minimum absolute atomic E-state index is 0.0336. The van der Waals surface area contributed by atoms with Crippen LogP contribution >= 0.6 is 12.2 Å². The molecule has 0 aliphatic heterocycles. The van der Waals surface area contributed by atoms with Gasteiger partial charge in [0.1, 0.15) is 11.5 Å². The van der Waals surface area contributed by atoms with Gasteiger partial charge in [-0.2, -0.15) is 0 Å². The molecule has 80 valence electrons. The van der Waals surface area contributed by atoms with E-state index in [-0.39, 0.29) is 28.6 Å². The Hall–Kier alpha value is -1.69. The molecular weight excluding hydrogens is 214 g/mol. The van der Waals surface area contributed by atoms with Gasteiger partial charge in [-0.1, -0.05) is 12.2 Å². The van der Waals surface area contributed by atoms with Crippen LogP contribution in [0.15, 0.2) is 23.1 Å². The van der Waals surface area contributed by atoms with Crippen molar-refractivity contribution in [3.05, 3.63) is 34.2 Å². The number of rotatable bonds is 3. The minimum Gasteiger partial charge on any atom is -0.389 e. The van der Waals surface area contributed by atoms with Crippen LogP contribution in [0.25, 0.3) is 0 Å². The molecule has 1 heterocycles. The van der Waals surface area contributed by atoms with Gasteiger partial charge in [-0.25, -0.2) is 0 Å². The van der Waals surface area contributed by atoms with E-state index in [1.807, 2.05) is 0 Å². The highest BCUT2D eigenvalue weighted by Gasteiger charge is 2.07. The summed E-state index contributed by atoms with van der Waals surface area (Å²) in [6.07, 6.45) is 1.51. The molecule has 0 saturated carbocycles. The highest BCUT2D eigenvalue weighted by atomic mass is 32.1. The number of nitrogens with two attached hydrogens (primary N) is 1. The zero-order chi connectivity index (χ0) is 11.4. The molecule has 1 rings (SSSR count). The van der Waals surface area contributed by atoms with Crippen molar-refractivity contribution in [3.63, 3.8) is 0 Å². The van der Waals surface area contributed by atoms with Crippen LogP contribution in [0.1, 0.15) is 5.56 Å². The number of pyridine rings is 1. The van der Waals surface area contributed by atoms with Gasteiger partial charge < -0.3 is 15.6 Å². The molecule has 5 nitrogen and oxygen atoms in total. The van der Waals surface area contributed by atoms with E-state index in [1.54, 1.807) is 6.07 Å². The Bertz CT molecular complexity index is 453. The molecule has 0 bridgehead atoms. The lowest BCUT2D eigenvalue weighted by Gasteiger charge is -2.05. The van der Waals surface area contributed by atoms with E-state index in [4.69, 9.17) is 18.0 Å². The molecule has 0 spiro atoms. The number of nitrogens with zero attached hydrogens (tertiary/aromatic N) is 1. The van der Waals surface area contributed by atoms with Crippen molar-refractivity contribution in [2.24, 2.45) is 5.73 Å². The van der Waals surface area contributed by atoms with Gasteiger partial charge in [0, 0.05) is 13.2 Å². The van der Waals surface area contributed by atoms with Crippen LogP contribution in [0, 0.1) is 0 Å². The lowest BCUT2D eigenvalue weighted by atomic mass is 10.3. The lowest BCUT2D eigenvalue weighted by molar-refractivity contribution is -0.121. The third kappa shape index (κ3) is 2.63. The first-order chi connectivity index (χ1) is 7.06. The number of thiocarbonyl (C=S) groups is 1. The van der Waals surface area contributed by atoms with Crippen molar-refractivity contribution in [1.29, 1.82) is 0 Å². The molecule has 0 radical (unpaired) electrons. The van der Waals surface area contributed by atoms with Crippen molar-refractivity contribution in [2.75, 3.05) is 7.05 Å². The number of carbonyl (C=O) groups is 1. The van der Waals surface area contributed by atoms with Gasteiger partial charge in [0.15, 0.2) is 0 Å². The molecule has 0 saturated heterocycles. The summed E-state index contributed by atoms with van der Waals surface area (Å²) in [6, 6.07) is 3.16. The average molecular weight is 225 g/mol. The lowest BCUT2D eigenvalue weighted by Crippen LogP contribution is -2.33. The van der Waals surface area contributed by atoms with E-state index in [0.717, 1.165) is 0 Å². The largest absolute Gasteiger partial charge is 0.389 e.